The number of hydrogen-bond acceptors (Lipinski definition) is 2. The van der Waals surface area contributed by atoms with Gasteiger partial charge in [0, 0.05) is 19.5 Å². The van der Waals surface area contributed by atoms with Crippen LogP contribution in [-0.2, 0) is 4.79 Å². The van der Waals surface area contributed by atoms with Gasteiger partial charge < -0.3 is 10.6 Å². The first-order chi connectivity index (χ1) is 6.74. The molecule has 0 aromatic rings. The largest absolute Gasteiger partial charge is 0.342 e. The van der Waals surface area contributed by atoms with Crippen LogP contribution in [0.15, 0.2) is 0 Å². The van der Waals surface area contributed by atoms with Crippen molar-refractivity contribution in [2.45, 2.75) is 39.0 Å². The number of carbonyl (C=O) groups is 1. The molecule has 0 saturated carbocycles. The molecule has 1 atom stereocenters. The predicted octanol–water partition coefficient (Wildman–Crippen LogP) is 1.37. The second-order valence-corrected chi connectivity index (χ2v) is 4.33. The van der Waals surface area contributed by atoms with Crippen molar-refractivity contribution < 1.29 is 4.79 Å². The Morgan fingerprint density at radius 3 is 2.79 bits per heavy atom. The number of carbonyl (C=O) groups excluding carboxylic acids is 1. The minimum absolute atomic E-state index is 0.339. The molecule has 1 amide bonds. The van der Waals surface area contributed by atoms with Crippen LogP contribution in [-0.4, -0.2) is 30.4 Å². The summed E-state index contributed by atoms with van der Waals surface area (Å²) in [4.78, 5) is 13.7. The van der Waals surface area contributed by atoms with Crippen LogP contribution in [0.4, 0.5) is 0 Å². The van der Waals surface area contributed by atoms with Gasteiger partial charge in [-0.1, -0.05) is 13.3 Å². The monoisotopic (exact) mass is 198 g/mol. The molecule has 0 aromatic carbocycles. The molecule has 1 heterocycles. The van der Waals surface area contributed by atoms with Crippen molar-refractivity contribution in [3.05, 3.63) is 0 Å². The van der Waals surface area contributed by atoms with Crippen molar-refractivity contribution in [2.75, 3.05) is 19.6 Å². The number of rotatable bonds is 5. The van der Waals surface area contributed by atoms with Crippen LogP contribution >= 0.6 is 0 Å². The summed E-state index contributed by atoms with van der Waals surface area (Å²) in [5.41, 5.74) is 5.39. The van der Waals surface area contributed by atoms with Crippen molar-refractivity contribution >= 4 is 5.91 Å². The summed E-state index contributed by atoms with van der Waals surface area (Å²) in [5, 5.41) is 0. The Morgan fingerprint density at radius 2 is 2.21 bits per heavy atom. The molecule has 0 spiro atoms. The minimum atomic E-state index is 0.339. The maximum Gasteiger partial charge on any atom is 0.222 e. The Bertz CT molecular complexity index is 182. The highest BCUT2D eigenvalue weighted by Crippen LogP contribution is 2.16. The van der Waals surface area contributed by atoms with E-state index in [4.69, 9.17) is 5.73 Å². The van der Waals surface area contributed by atoms with Crippen LogP contribution in [0.2, 0.25) is 0 Å². The summed E-state index contributed by atoms with van der Waals surface area (Å²) in [6, 6.07) is 0. The third-order valence-corrected chi connectivity index (χ3v) is 2.87. The SMILES string of the molecule is C[C@H]1CCN(C(=O)CCCCCN)C1. The molecule has 1 fully saturated rings. The summed E-state index contributed by atoms with van der Waals surface area (Å²) in [6.45, 7) is 4.89. The molecule has 1 aliphatic rings. The summed E-state index contributed by atoms with van der Waals surface area (Å²) in [6.07, 6.45) is 5.03. The summed E-state index contributed by atoms with van der Waals surface area (Å²) in [5.74, 6) is 1.04. The number of nitrogens with two attached hydrogens (primary N) is 1. The van der Waals surface area contributed by atoms with E-state index in [1.165, 1.54) is 6.42 Å². The summed E-state index contributed by atoms with van der Waals surface area (Å²) >= 11 is 0. The molecule has 0 bridgehead atoms. The highest BCUT2D eigenvalue weighted by Gasteiger charge is 2.22. The first-order valence-corrected chi connectivity index (χ1v) is 5.72. The van der Waals surface area contributed by atoms with Crippen molar-refractivity contribution in [2.24, 2.45) is 11.7 Å². The zero-order valence-electron chi connectivity index (χ0n) is 9.17. The lowest BCUT2D eigenvalue weighted by Crippen LogP contribution is -2.28. The average molecular weight is 198 g/mol. The second-order valence-electron chi connectivity index (χ2n) is 4.33. The van der Waals surface area contributed by atoms with Crippen molar-refractivity contribution in [3.63, 3.8) is 0 Å². The van der Waals surface area contributed by atoms with Gasteiger partial charge in [0.25, 0.3) is 0 Å². The van der Waals surface area contributed by atoms with Crippen molar-refractivity contribution in [1.82, 2.24) is 4.90 Å². The van der Waals surface area contributed by atoms with E-state index in [0.29, 0.717) is 18.2 Å². The molecular formula is C11H22N2O. The molecule has 2 N–H and O–H groups in total. The molecule has 14 heavy (non-hydrogen) atoms. The molecule has 0 unspecified atom stereocenters. The van der Waals surface area contributed by atoms with Gasteiger partial charge in [-0.05, 0) is 31.7 Å². The smallest absolute Gasteiger partial charge is 0.222 e. The van der Waals surface area contributed by atoms with E-state index in [0.717, 1.165) is 38.9 Å². The van der Waals surface area contributed by atoms with Crippen LogP contribution in [0, 0.1) is 5.92 Å². The lowest BCUT2D eigenvalue weighted by Gasteiger charge is -2.15. The Morgan fingerprint density at radius 1 is 1.43 bits per heavy atom. The first-order valence-electron chi connectivity index (χ1n) is 5.72. The molecule has 3 nitrogen and oxygen atoms in total. The second kappa shape index (κ2) is 6.02. The number of likely N-dealkylation sites (tertiary alicyclic amines) is 1. The fourth-order valence-electron chi connectivity index (χ4n) is 1.92. The van der Waals surface area contributed by atoms with Crippen LogP contribution in [0.5, 0.6) is 0 Å². The third-order valence-electron chi connectivity index (χ3n) is 2.87. The van der Waals surface area contributed by atoms with Gasteiger partial charge in [0.2, 0.25) is 5.91 Å². The molecule has 1 aliphatic heterocycles. The topological polar surface area (TPSA) is 46.3 Å². The number of unbranched alkanes of at least 4 members (excludes halogenated alkanes) is 2. The van der Waals surface area contributed by atoms with Crippen LogP contribution in [0.1, 0.15) is 39.0 Å². The van der Waals surface area contributed by atoms with E-state index in [1.807, 2.05) is 4.90 Å². The molecule has 0 aliphatic carbocycles. The third kappa shape index (κ3) is 3.66. The summed E-state index contributed by atoms with van der Waals surface area (Å²) < 4.78 is 0. The molecule has 1 rings (SSSR count). The normalized spacial score (nSPS) is 21.6. The molecule has 82 valence electrons. The van der Waals surface area contributed by atoms with E-state index in [1.54, 1.807) is 0 Å². The van der Waals surface area contributed by atoms with Crippen LogP contribution in [0.3, 0.4) is 0 Å². The maximum absolute atomic E-state index is 11.6. The maximum atomic E-state index is 11.6. The van der Waals surface area contributed by atoms with Crippen molar-refractivity contribution in [3.8, 4) is 0 Å². The zero-order valence-corrected chi connectivity index (χ0v) is 9.17. The van der Waals surface area contributed by atoms with Gasteiger partial charge in [0.05, 0.1) is 0 Å². The van der Waals surface area contributed by atoms with E-state index in [2.05, 4.69) is 6.92 Å². The predicted molar refractivity (Wildman–Crippen MR) is 57.9 cm³/mol. The Labute approximate surface area is 86.6 Å². The van der Waals surface area contributed by atoms with Gasteiger partial charge in [-0.3, -0.25) is 4.79 Å². The van der Waals surface area contributed by atoms with Gasteiger partial charge in [0.1, 0.15) is 0 Å². The molecule has 3 heteroatoms. The van der Waals surface area contributed by atoms with Crippen LogP contribution in [0.25, 0.3) is 0 Å². The quantitative estimate of drug-likeness (QED) is 0.678. The first kappa shape index (κ1) is 11.5. The standard InChI is InChI=1S/C11H22N2O/c1-10-6-8-13(9-10)11(14)5-3-2-4-7-12/h10H,2-9,12H2,1H3/t10-/m0/s1. The summed E-state index contributed by atoms with van der Waals surface area (Å²) in [7, 11) is 0. The molecule has 1 saturated heterocycles. The van der Waals surface area contributed by atoms with Crippen molar-refractivity contribution in [1.29, 1.82) is 0 Å². The Kier molecular flexibility index (Phi) is 4.94. The highest BCUT2D eigenvalue weighted by atomic mass is 16.2. The van der Waals surface area contributed by atoms with Crippen LogP contribution < -0.4 is 5.73 Å². The molecule has 0 radical (unpaired) electrons. The number of hydrogen-bond donors (Lipinski definition) is 1. The van der Waals surface area contributed by atoms with Gasteiger partial charge in [-0.2, -0.15) is 0 Å². The van der Waals surface area contributed by atoms with Gasteiger partial charge >= 0.3 is 0 Å². The van der Waals surface area contributed by atoms with E-state index in [9.17, 15) is 4.79 Å². The van der Waals surface area contributed by atoms with Gasteiger partial charge in [0.15, 0.2) is 0 Å². The fourth-order valence-corrected chi connectivity index (χ4v) is 1.92. The van der Waals surface area contributed by atoms with E-state index in [-0.39, 0.29) is 0 Å². The fraction of sp³-hybridized carbons (Fsp3) is 0.909. The lowest BCUT2D eigenvalue weighted by atomic mass is 10.1. The highest BCUT2D eigenvalue weighted by molar-refractivity contribution is 5.76. The number of amides is 1. The van der Waals surface area contributed by atoms with Gasteiger partial charge in [-0.25, -0.2) is 0 Å². The lowest BCUT2D eigenvalue weighted by molar-refractivity contribution is -0.130. The molecular weight excluding hydrogens is 176 g/mol. The average Bonchev–Trinajstić information content (AvgIpc) is 2.59. The van der Waals surface area contributed by atoms with Gasteiger partial charge in [-0.15, -0.1) is 0 Å². The Hall–Kier alpha value is -0.570. The van der Waals surface area contributed by atoms with E-state index >= 15 is 0 Å². The molecule has 0 aromatic heterocycles. The minimum Gasteiger partial charge on any atom is -0.342 e. The zero-order chi connectivity index (χ0) is 10.4. The van der Waals surface area contributed by atoms with E-state index < -0.39 is 0 Å². The Balaban J connectivity index is 2.09. The number of nitrogens with zero attached hydrogens (tertiary/aromatic N) is 1.